The van der Waals surface area contributed by atoms with E-state index in [-0.39, 0.29) is 5.17 Å². The van der Waals surface area contributed by atoms with Gasteiger partial charge in [0.15, 0.2) is 0 Å². The van der Waals surface area contributed by atoms with E-state index in [4.69, 9.17) is 26.9 Å². The van der Waals surface area contributed by atoms with Crippen LogP contribution in [-0.2, 0) is 0 Å². The van der Waals surface area contributed by atoms with Crippen LogP contribution < -0.4 is 16.2 Å². The van der Waals surface area contributed by atoms with Gasteiger partial charge in [0, 0.05) is 5.02 Å². The van der Waals surface area contributed by atoms with Gasteiger partial charge in [-0.15, -0.1) is 0 Å². The fourth-order valence-electron chi connectivity index (χ4n) is 0.836. The van der Waals surface area contributed by atoms with Crippen molar-refractivity contribution < 1.29 is 9.53 Å². The molecule has 0 spiro atoms. The Bertz CT molecular complexity index is 395. The number of ether oxygens (including phenoxy) is 1. The maximum atomic E-state index is 9.09. The lowest BCUT2D eigenvalue weighted by Gasteiger charge is -2.05. The standard InChI is InChI=1S/C8H8ClNOS.CH3NOS/c1-5-4-6(9)2-3-7(5)11-8(10)12;2-1(3)4/h2-4H,1H3,(H2,10,12);(H3,2,3,4). The second-order valence-electron chi connectivity index (χ2n) is 2.67. The number of thiol groups is 1. The summed E-state index contributed by atoms with van der Waals surface area (Å²) in [6.07, 6.45) is 0. The summed E-state index contributed by atoms with van der Waals surface area (Å²) in [7, 11) is 0. The van der Waals surface area contributed by atoms with Crippen molar-refractivity contribution in [3.05, 3.63) is 28.8 Å². The van der Waals surface area contributed by atoms with E-state index in [2.05, 4.69) is 30.6 Å². The fraction of sp³-hybridized carbons (Fsp3) is 0.111. The van der Waals surface area contributed by atoms with Gasteiger partial charge in [0.25, 0.3) is 10.4 Å². The van der Waals surface area contributed by atoms with Crippen molar-refractivity contribution in [3.63, 3.8) is 0 Å². The van der Waals surface area contributed by atoms with Crippen LogP contribution in [0.15, 0.2) is 18.2 Å². The molecule has 1 aromatic carbocycles. The minimum Gasteiger partial charge on any atom is -0.432 e. The summed E-state index contributed by atoms with van der Waals surface area (Å²) in [6, 6.07) is 5.24. The first kappa shape index (κ1) is 15.0. The first-order valence-electron chi connectivity index (χ1n) is 4.04. The monoisotopic (exact) mass is 278 g/mol. The summed E-state index contributed by atoms with van der Waals surface area (Å²) in [5.74, 6) is 0.645. The highest BCUT2D eigenvalue weighted by Gasteiger charge is 2.00. The lowest BCUT2D eigenvalue weighted by Crippen LogP contribution is -2.16. The molecule has 0 saturated carbocycles. The lowest BCUT2D eigenvalue weighted by atomic mass is 10.2. The molecule has 1 rings (SSSR count). The van der Waals surface area contributed by atoms with Gasteiger partial charge >= 0.3 is 0 Å². The van der Waals surface area contributed by atoms with Gasteiger partial charge in [-0.3, -0.25) is 4.79 Å². The molecule has 0 atom stereocenters. The summed E-state index contributed by atoms with van der Waals surface area (Å²) in [5.41, 5.74) is 10.5. The van der Waals surface area contributed by atoms with E-state index in [0.29, 0.717) is 10.8 Å². The summed E-state index contributed by atoms with van der Waals surface area (Å²) in [5, 5.41) is 0.0446. The number of amides is 1. The third kappa shape index (κ3) is 7.33. The molecule has 0 radical (unpaired) electrons. The van der Waals surface area contributed by atoms with E-state index >= 15 is 0 Å². The smallest absolute Gasteiger partial charge is 0.273 e. The van der Waals surface area contributed by atoms with Gasteiger partial charge in [-0.05, 0) is 42.9 Å². The summed E-state index contributed by atoms with van der Waals surface area (Å²) in [6.45, 7) is 1.87. The van der Waals surface area contributed by atoms with E-state index in [1.54, 1.807) is 18.2 Å². The fourth-order valence-corrected chi connectivity index (χ4v) is 1.15. The summed E-state index contributed by atoms with van der Waals surface area (Å²) < 4.78 is 5.05. The normalized spacial score (nSPS) is 8.69. The zero-order chi connectivity index (χ0) is 12.7. The predicted octanol–water partition coefficient (Wildman–Crippen LogP) is 2.27. The van der Waals surface area contributed by atoms with Crippen LogP contribution in [0.2, 0.25) is 5.02 Å². The molecule has 88 valence electrons. The van der Waals surface area contributed by atoms with Crippen LogP contribution in [0.25, 0.3) is 0 Å². The Morgan fingerprint density at radius 3 is 2.38 bits per heavy atom. The minimum absolute atomic E-state index is 0.0143. The molecule has 0 aliphatic rings. The largest absolute Gasteiger partial charge is 0.432 e. The SMILES string of the molecule is Cc1cc(Cl)ccc1OC(N)=S.NC(=O)S. The maximum absolute atomic E-state index is 9.09. The number of rotatable bonds is 1. The number of hydrogen-bond acceptors (Lipinski definition) is 3. The Kier molecular flexibility index (Phi) is 6.87. The molecule has 0 aliphatic carbocycles. The van der Waals surface area contributed by atoms with E-state index in [1.165, 1.54) is 0 Å². The molecule has 4 N–H and O–H groups in total. The molecule has 0 fully saturated rings. The number of carbonyl (C=O) groups excluding carboxylic acids is 1. The molecule has 0 bridgehead atoms. The Morgan fingerprint density at radius 2 is 2.00 bits per heavy atom. The number of hydrogen-bond donors (Lipinski definition) is 3. The Morgan fingerprint density at radius 1 is 1.50 bits per heavy atom. The van der Waals surface area contributed by atoms with Crippen LogP contribution in [0, 0.1) is 6.92 Å². The third-order valence-electron chi connectivity index (χ3n) is 1.35. The lowest BCUT2D eigenvalue weighted by molar-refractivity contribution is 0.267. The third-order valence-corrected chi connectivity index (χ3v) is 1.67. The quantitative estimate of drug-likeness (QED) is 0.544. The molecule has 1 amide bonds. The van der Waals surface area contributed by atoms with E-state index < -0.39 is 5.24 Å². The predicted molar refractivity (Wildman–Crippen MR) is 72.2 cm³/mol. The highest BCUT2D eigenvalue weighted by molar-refractivity contribution is 7.96. The highest BCUT2D eigenvalue weighted by Crippen LogP contribution is 2.21. The average Bonchev–Trinajstić information content (AvgIpc) is 2.08. The molecule has 1 aromatic rings. The molecule has 0 heterocycles. The van der Waals surface area contributed by atoms with E-state index in [1.807, 2.05) is 6.92 Å². The van der Waals surface area contributed by atoms with Crippen molar-refractivity contribution in [3.8, 4) is 5.75 Å². The van der Waals surface area contributed by atoms with Crippen LogP contribution in [0.3, 0.4) is 0 Å². The number of primary amides is 1. The first-order chi connectivity index (χ1) is 7.32. The molecule has 0 saturated heterocycles. The van der Waals surface area contributed by atoms with Crippen LogP contribution in [-0.4, -0.2) is 10.4 Å². The number of aryl methyl sites for hydroxylation is 1. The summed E-state index contributed by atoms with van der Waals surface area (Å²) in [4.78, 5) is 9.09. The van der Waals surface area contributed by atoms with Gasteiger partial charge in [-0.1, -0.05) is 24.2 Å². The second kappa shape index (κ2) is 7.32. The molecular formula is C9H11ClN2O2S2. The maximum Gasteiger partial charge on any atom is 0.273 e. The van der Waals surface area contributed by atoms with Crippen molar-refractivity contribution in [2.75, 3.05) is 0 Å². The van der Waals surface area contributed by atoms with Crippen LogP contribution in [0.4, 0.5) is 4.79 Å². The number of nitrogens with two attached hydrogens (primary N) is 2. The van der Waals surface area contributed by atoms with Gasteiger partial charge in [0.2, 0.25) is 0 Å². The Hall–Kier alpha value is -0.980. The van der Waals surface area contributed by atoms with Gasteiger partial charge < -0.3 is 16.2 Å². The van der Waals surface area contributed by atoms with E-state index in [9.17, 15) is 0 Å². The highest BCUT2D eigenvalue weighted by atomic mass is 35.5. The van der Waals surface area contributed by atoms with Crippen molar-refractivity contribution in [2.24, 2.45) is 11.5 Å². The minimum atomic E-state index is -0.639. The molecule has 0 aromatic heterocycles. The zero-order valence-electron chi connectivity index (χ0n) is 8.44. The average molecular weight is 279 g/mol. The summed E-state index contributed by atoms with van der Waals surface area (Å²) >= 11 is 13.4. The molecule has 7 heteroatoms. The van der Waals surface area contributed by atoms with Gasteiger partial charge in [-0.2, -0.15) is 0 Å². The molecule has 16 heavy (non-hydrogen) atoms. The number of halogens is 1. The Labute approximate surface area is 109 Å². The van der Waals surface area contributed by atoms with Crippen LogP contribution >= 0.6 is 36.4 Å². The van der Waals surface area contributed by atoms with Crippen molar-refractivity contribution in [1.29, 1.82) is 0 Å². The van der Waals surface area contributed by atoms with Crippen LogP contribution in [0.5, 0.6) is 5.75 Å². The number of carbonyl (C=O) groups is 1. The van der Waals surface area contributed by atoms with Crippen molar-refractivity contribution in [1.82, 2.24) is 0 Å². The van der Waals surface area contributed by atoms with Crippen molar-refractivity contribution >= 4 is 46.9 Å². The van der Waals surface area contributed by atoms with Crippen molar-refractivity contribution in [2.45, 2.75) is 6.92 Å². The van der Waals surface area contributed by atoms with Gasteiger partial charge in [0.1, 0.15) is 5.75 Å². The second-order valence-corrected chi connectivity index (χ2v) is 3.95. The number of thiocarbonyl (C=S) groups is 1. The van der Waals surface area contributed by atoms with Crippen LogP contribution in [0.1, 0.15) is 5.56 Å². The topological polar surface area (TPSA) is 78.3 Å². The molecule has 0 aliphatic heterocycles. The van der Waals surface area contributed by atoms with Gasteiger partial charge in [0.05, 0.1) is 0 Å². The molecule has 0 unspecified atom stereocenters. The molecular weight excluding hydrogens is 268 g/mol. The Balaban J connectivity index is 0.000000487. The zero-order valence-corrected chi connectivity index (χ0v) is 10.9. The van der Waals surface area contributed by atoms with E-state index in [0.717, 1.165) is 5.56 Å². The molecule has 4 nitrogen and oxygen atoms in total. The van der Waals surface area contributed by atoms with Gasteiger partial charge in [-0.25, -0.2) is 0 Å². The first-order valence-corrected chi connectivity index (χ1v) is 5.28. The number of benzene rings is 1.